The van der Waals surface area contributed by atoms with Crippen LogP contribution >= 0.6 is 0 Å². The Hall–Kier alpha value is -0.890. The number of hydrogen-bond acceptors (Lipinski definition) is 1. The fourth-order valence-electron chi connectivity index (χ4n) is 1.57. The summed E-state index contributed by atoms with van der Waals surface area (Å²) in [5, 5.41) is 9.29. The highest BCUT2D eigenvalue weighted by Gasteiger charge is 2.25. The lowest BCUT2D eigenvalue weighted by molar-refractivity contribution is 0.186. The monoisotopic (exact) mass is 196 g/mol. The fourth-order valence-corrected chi connectivity index (χ4v) is 1.57. The lowest BCUT2D eigenvalue weighted by Gasteiger charge is -2.29. The molecule has 0 bridgehead atoms. The SMILES string of the molecule is CC(C)(C)[C@H](CO)c1ccc(F)cc1. The molecule has 0 radical (unpaired) electrons. The third-order valence-corrected chi connectivity index (χ3v) is 2.50. The quantitative estimate of drug-likeness (QED) is 0.771. The van der Waals surface area contributed by atoms with Crippen molar-refractivity contribution in [1.82, 2.24) is 0 Å². The average molecular weight is 196 g/mol. The molecule has 0 amide bonds. The van der Waals surface area contributed by atoms with Crippen LogP contribution in [-0.2, 0) is 0 Å². The number of aliphatic hydroxyl groups is 1. The van der Waals surface area contributed by atoms with Crippen LogP contribution in [0.25, 0.3) is 0 Å². The molecule has 0 fully saturated rings. The summed E-state index contributed by atoms with van der Waals surface area (Å²) < 4.78 is 12.7. The first-order chi connectivity index (χ1) is 6.45. The Morgan fingerprint density at radius 1 is 1.21 bits per heavy atom. The van der Waals surface area contributed by atoms with Crippen molar-refractivity contribution in [2.75, 3.05) is 6.61 Å². The van der Waals surface area contributed by atoms with E-state index in [2.05, 4.69) is 20.8 Å². The fraction of sp³-hybridized carbons (Fsp3) is 0.500. The predicted octanol–water partition coefficient (Wildman–Crippen LogP) is 2.95. The van der Waals surface area contributed by atoms with E-state index in [1.807, 2.05) is 0 Å². The van der Waals surface area contributed by atoms with Crippen molar-refractivity contribution in [2.45, 2.75) is 26.7 Å². The van der Waals surface area contributed by atoms with Gasteiger partial charge in [0.1, 0.15) is 5.82 Å². The maximum Gasteiger partial charge on any atom is 0.123 e. The van der Waals surface area contributed by atoms with Gasteiger partial charge in [-0.25, -0.2) is 4.39 Å². The minimum absolute atomic E-state index is 0.00736. The molecule has 0 heterocycles. The summed E-state index contributed by atoms with van der Waals surface area (Å²) >= 11 is 0. The first-order valence-electron chi connectivity index (χ1n) is 4.81. The molecule has 0 unspecified atom stereocenters. The summed E-state index contributed by atoms with van der Waals surface area (Å²) in [4.78, 5) is 0. The predicted molar refractivity (Wildman–Crippen MR) is 55.7 cm³/mol. The zero-order valence-electron chi connectivity index (χ0n) is 8.92. The van der Waals surface area contributed by atoms with E-state index in [-0.39, 0.29) is 23.8 Å². The summed E-state index contributed by atoms with van der Waals surface area (Å²) in [5.41, 5.74) is 0.980. The topological polar surface area (TPSA) is 20.2 Å². The molecule has 1 aromatic rings. The van der Waals surface area contributed by atoms with Gasteiger partial charge < -0.3 is 5.11 Å². The molecular formula is C12H17FO. The van der Waals surface area contributed by atoms with Crippen molar-refractivity contribution in [3.8, 4) is 0 Å². The Balaban J connectivity index is 2.96. The minimum atomic E-state index is -0.237. The molecule has 1 rings (SSSR count). The van der Waals surface area contributed by atoms with Crippen LogP contribution in [0.1, 0.15) is 32.3 Å². The van der Waals surface area contributed by atoms with Gasteiger partial charge in [-0.1, -0.05) is 32.9 Å². The number of halogens is 1. The van der Waals surface area contributed by atoms with Gasteiger partial charge in [-0.2, -0.15) is 0 Å². The van der Waals surface area contributed by atoms with Crippen LogP contribution in [0.3, 0.4) is 0 Å². The number of benzene rings is 1. The lowest BCUT2D eigenvalue weighted by Crippen LogP contribution is -2.21. The molecule has 78 valence electrons. The van der Waals surface area contributed by atoms with E-state index >= 15 is 0 Å². The molecule has 0 aliphatic heterocycles. The van der Waals surface area contributed by atoms with Gasteiger partial charge in [0, 0.05) is 5.92 Å². The maximum absolute atomic E-state index is 12.7. The Morgan fingerprint density at radius 2 is 1.71 bits per heavy atom. The van der Waals surface area contributed by atoms with Gasteiger partial charge in [0.25, 0.3) is 0 Å². The van der Waals surface area contributed by atoms with Gasteiger partial charge in [0.05, 0.1) is 6.61 Å². The normalized spacial score (nSPS) is 14.1. The van der Waals surface area contributed by atoms with Crippen molar-refractivity contribution in [3.05, 3.63) is 35.6 Å². The van der Waals surface area contributed by atoms with Crippen LogP contribution in [0.4, 0.5) is 4.39 Å². The van der Waals surface area contributed by atoms with E-state index < -0.39 is 0 Å². The minimum Gasteiger partial charge on any atom is -0.396 e. The summed E-state index contributed by atoms with van der Waals surface area (Å²) in [5.74, 6) is -0.178. The van der Waals surface area contributed by atoms with Gasteiger partial charge in [-0.05, 0) is 23.1 Å². The molecule has 1 aromatic carbocycles. The van der Waals surface area contributed by atoms with Crippen LogP contribution in [0.5, 0.6) is 0 Å². The summed E-state index contributed by atoms with van der Waals surface area (Å²) in [6.07, 6.45) is 0. The molecule has 0 saturated carbocycles. The van der Waals surface area contributed by atoms with Crippen LogP contribution in [0, 0.1) is 11.2 Å². The number of rotatable bonds is 2. The van der Waals surface area contributed by atoms with Gasteiger partial charge >= 0.3 is 0 Å². The van der Waals surface area contributed by atoms with E-state index in [4.69, 9.17) is 0 Å². The third kappa shape index (κ3) is 2.55. The summed E-state index contributed by atoms with van der Waals surface area (Å²) in [6.45, 7) is 6.29. The van der Waals surface area contributed by atoms with Crippen molar-refractivity contribution < 1.29 is 9.50 Å². The molecule has 1 N–H and O–H groups in total. The van der Waals surface area contributed by atoms with E-state index in [9.17, 15) is 9.50 Å². The van der Waals surface area contributed by atoms with Crippen LogP contribution in [-0.4, -0.2) is 11.7 Å². The average Bonchev–Trinajstić information content (AvgIpc) is 2.07. The maximum atomic E-state index is 12.7. The van der Waals surface area contributed by atoms with Gasteiger partial charge in [0.2, 0.25) is 0 Å². The second-order valence-corrected chi connectivity index (χ2v) is 4.65. The summed E-state index contributed by atoms with van der Waals surface area (Å²) in [6, 6.07) is 6.34. The van der Waals surface area contributed by atoms with E-state index in [0.717, 1.165) is 5.56 Å². The second kappa shape index (κ2) is 4.09. The van der Waals surface area contributed by atoms with E-state index in [0.29, 0.717) is 0 Å². The first-order valence-corrected chi connectivity index (χ1v) is 4.81. The zero-order chi connectivity index (χ0) is 10.8. The standard InChI is InChI=1S/C12H17FO/c1-12(2,3)11(8-14)9-4-6-10(13)7-5-9/h4-7,11,14H,8H2,1-3H3/t11-/m1/s1. The Morgan fingerprint density at radius 3 is 2.07 bits per heavy atom. The van der Waals surface area contributed by atoms with Crippen LogP contribution in [0.2, 0.25) is 0 Å². The second-order valence-electron chi connectivity index (χ2n) is 4.65. The summed E-state index contributed by atoms with van der Waals surface area (Å²) in [7, 11) is 0. The highest BCUT2D eigenvalue weighted by atomic mass is 19.1. The Bertz CT molecular complexity index is 284. The van der Waals surface area contributed by atoms with E-state index in [1.54, 1.807) is 12.1 Å². The molecule has 0 spiro atoms. The van der Waals surface area contributed by atoms with Gasteiger partial charge in [0.15, 0.2) is 0 Å². The Kier molecular flexibility index (Phi) is 3.27. The van der Waals surface area contributed by atoms with Crippen molar-refractivity contribution in [3.63, 3.8) is 0 Å². The van der Waals surface area contributed by atoms with Crippen molar-refractivity contribution >= 4 is 0 Å². The molecule has 0 aliphatic rings. The molecular weight excluding hydrogens is 179 g/mol. The van der Waals surface area contributed by atoms with Crippen molar-refractivity contribution in [1.29, 1.82) is 0 Å². The van der Waals surface area contributed by atoms with Gasteiger partial charge in [-0.3, -0.25) is 0 Å². The lowest BCUT2D eigenvalue weighted by atomic mass is 9.77. The molecule has 0 aliphatic carbocycles. The largest absolute Gasteiger partial charge is 0.396 e. The molecule has 1 atom stereocenters. The van der Waals surface area contributed by atoms with Gasteiger partial charge in [-0.15, -0.1) is 0 Å². The molecule has 1 nitrogen and oxygen atoms in total. The molecule has 2 heteroatoms. The highest BCUT2D eigenvalue weighted by molar-refractivity contribution is 5.22. The molecule has 0 saturated heterocycles. The molecule has 0 aromatic heterocycles. The van der Waals surface area contributed by atoms with E-state index in [1.165, 1.54) is 12.1 Å². The zero-order valence-corrected chi connectivity index (χ0v) is 8.92. The van der Waals surface area contributed by atoms with Crippen LogP contribution in [0.15, 0.2) is 24.3 Å². The van der Waals surface area contributed by atoms with Crippen molar-refractivity contribution in [2.24, 2.45) is 5.41 Å². The number of aliphatic hydroxyl groups excluding tert-OH is 1. The highest BCUT2D eigenvalue weighted by Crippen LogP contribution is 2.34. The first kappa shape index (κ1) is 11.2. The van der Waals surface area contributed by atoms with Crippen LogP contribution < -0.4 is 0 Å². The number of hydrogen-bond donors (Lipinski definition) is 1. The molecule has 14 heavy (non-hydrogen) atoms. The smallest absolute Gasteiger partial charge is 0.123 e. The Labute approximate surface area is 84.6 Å². The third-order valence-electron chi connectivity index (χ3n) is 2.50.